The number of ketones is 1. The molecule has 0 saturated carbocycles. The maximum atomic E-state index is 11.8. The smallest absolute Gasteiger partial charge is 0.193 e. The predicted octanol–water partition coefficient (Wildman–Crippen LogP) is 0.274. The average Bonchev–Trinajstić information content (AvgIpc) is 2.75. The summed E-state index contributed by atoms with van der Waals surface area (Å²) in [5, 5.41) is 9.34. The van der Waals surface area contributed by atoms with E-state index in [9.17, 15) is 9.90 Å². The second kappa shape index (κ2) is 4.16. The summed E-state index contributed by atoms with van der Waals surface area (Å²) in [7, 11) is 1.87. The molecule has 1 aliphatic heterocycles. The minimum atomic E-state index is -0.258. The Labute approximate surface area is 89.1 Å². The maximum absolute atomic E-state index is 11.8. The van der Waals surface area contributed by atoms with Gasteiger partial charge in [-0.15, -0.1) is 0 Å². The molecule has 82 valence electrons. The molecule has 0 spiro atoms. The van der Waals surface area contributed by atoms with Crippen LogP contribution in [0.1, 0.15) is 16.9 Å². The molecular weight excluding hydrogens is 192 g/mol. The molecule has 0 radical (unpaired) electrons. The second-order valence-corrected chi connectivity index (χ2v) is 4.11. The van der Waals surface area contributed by atoms with Crippen LogP contribution in [0.4, 0.5) is 0 Å². The van der Waals surface area contributed by atoms with Crippen LogP contribution < -0.4 is 0 Å². The van der Waals surface area contributed by atoms with Gasteiger partial charge < -0.3 is 9.67 Å². The molecule has 0 amide bonds. The van der Waals surface area contributed by atoms with Crippen LogP contribution in [0.15, 0.2) is 18.3 Å². The summed E-state index contributed by atoms with van der Waals surface area (Å²) in [4.78, 5) is 13.8. The number of aryl methyl sites for hydroxylation is 1. The Hall–Kier alpha value is -1.13. The third-order valence-corrected chi connectivity index (χ3v) is 2.84. The Balaban J connectivity index is 1.96. The molecule has 1 aliphatic rings. The largest absolute Gasteiger partial charge is 0.392 e. The predicted molar refractivity (Wildman–Crippen MR) is 56.8 cm³/mol. The lowest BCUT2D eigenvalue weighted by atomic mass is 10.2. The van der Waals surface area contributed by atoms with Crippen molar-refractivity contribution in [2.75, 3.05) is 19.6 Å². The van der Waals surface area contributed by atoms with Crippen molar-refractivity contribution in [1.29, 1.82) is 0 Å². The van der Waals surface area contributed by atoms with Crippen molar-refractivity contribution < 1.29 is 9.90 Å². The molecule has 1 saturated heterocycles. The van der Waals surface area contributed by atoms with Gasteiger partial charge in [0, 0.05) is 26.3 Å². The summed E-state index contributed by atoms with van der Waals surface area (Å²) in [5.41, 5.74) is 0.733. The van der Waals surface area contributed by atoms with E-state index in [-0.39, 0.29) is 11.9 Å². The SMILES string of the molecule is Cn1cccc1C(=O)CN1CCC(O)C1. The first-order valence-electron chi connectivity index (χ1n) is 5.22. The van der Waals surface area contributed by atoms with Gasteiger partial charge in [0.05, 0.1) is 18.3 Å². The zero-order valence-corrected chi connectivity index (χ0v) is 8.89. The zero-order valence-electron chi connectivity index (χ0n) is 8.89. The number of aliphatic hydroxyl groups excluding tert-OH is 1. The lowest BCUT2D eigenvalue weighted by Crippen LogP contribution is -2.29. The van der Waals surface area contributed by atoms with Gasteiger partial charge in [0.15, 0.2) is 5.78 Å². The Morgan fingerprint density at radius 1 is 1.67 bits per heavy atom. The molecular formula is C11H16N2O2. The van der Waals surface area contributed by atoms with Crippen LogP contribution in [0.25, 0.3) is 0 Å². The van der Waals surface area contributed by atoms with E-state index in [1.54, 1.807) is 0 Å². The van der Waals surface area contributed by atoms with Crippen molar-refractivity contribution in [3.8, 4) is 0 Å². The van der Waals surface area contributed by atoms with Gasteiger partial charge in [-0.3, -0.25) is 9.69 Å². The standard InChI is InChI=1S/C11H16N2O2/c1-12-5-2-3-10(12)11(15)8-13-6-4-9(14)7-13/h2-3,5,9,14H,4,6-8H2,1H3. The van der Waals surface area contributed by atoms with E-state index in [1.807, 2.05) is 34.8 Å². The van der Waals surface area contributed by atoms with Gasteiger partial charge in [0.2, 0.25) is 0 Å². The topological polar surface area (TPSA) is 45.5 Å². The Morgan fingerprint density at radius 3 is 3.00 bits per heavy atom. The lowest BCUT2D eigenvalue weighted by Gasteiger charge is -2.13. The molecule has 1 N–H and O–H groups in total. The third-order valence-electron chi connectivity index (χ3n) is 2.84. The number of Topliss-reactive ketones (excluding diaryl/α,β-unsaturated/α-hetero) is 1. The van der Waals surface area contributed by atoms with Gasteiger partial charge in [-0.05, 0) is 18.6 Å². The fourth-order valence-corrected chi connectivity index (χ4v) is 1.99. The van der Waals surface area contributed by atoms with E-state index >= 15 is 0 Å². The molecule has 4 nitrogen and oxygen atoms in total. The second-order valence-electron chi connectivity index (χ2n) is 4.11. The summed E-state index contributed by atoms with van der Waals surface area (Å²) < 4.78 is 1.83. The molecule has 1 unspecified atom stereocenters. The molecule has 2 heterocycles. The number of rotatable bonds is 3. The van der Waals surface area contributed by atoms with E-state index in [0.29, 0.717) is 13.1 Å². The van der Waals surface area contributed by atoms with Crippen molar-refractivity contribution in [2.45, 2.75) is 12.5 Å². The highest BCUT2D eigenvalue weighted by molar-refractivity contribution is 5.96. The van der Waals surface area contributed by atoms with Crippen molar-refractivity contribution in [2.24, 2.45) is 7.05 Å². The van der Waals surface area contributed by atoms with Gasteiger partial charge in [0.1, 0.15) is 0 Å². The zero-order chi connectivity index (χ0) is 10.8. The van der Waals surface area contributed by atoms with Crippen LogP contribution in [0.3, 0.4) is 0 Å². The molecule has 1 fully saturated rings. The summed E-state index contributed by atoms with van der Waals surface area (Å²) in [6, 6.07) is 3.70. The number of carbonyl (C=O) groups excluding carboxylic acids is 1. The number of aliphatic hydroxyl groups is 1. The van der Waals surface area contributed by atoms with E-state index in [1.165, 1.54) is 0 Å². The van der Waals surface area contributed by atoms with Crippen LogP contribution in [-0.2, 0) is 7.05 Å². The summed E-state index contributed by atoms with van der Waals surface area (Å²) >= 11 is 0. The molecule has 0 aliphatic carbocycles. The normalized spacial score (nSPS) is 22.1. The van der Waals surface area contributed by atoms with Crippen LogP contribution >= 0.6 is 0 Å². The highest BCUT2D eigenvalue weighted by atomic mass is 16.3. The number of β-amino-alcohol motifs (C(OH)–C–C–N with tert-alkyl or cyclic N) is 1. The van der Waals surface area contributed by atoms with Crippen molar-refractivity contribution >= 4 is 5.78 Å². The average molecular weight is 208 g/mol. The number of aromatic nitrogens is 1. The molecule has 15 heavy (non-hydrogen) atoms. The third kappa shape index (κ3) is 2.27. The maximum Gasteiger partial charge on any atom is 0.193 e. The Morgan fingerprint density at radius 2 is 2.47 bits per heavy atom. The Kier molecular flexibility index (Phi) is 2.88. The molecule has 1 aromatic heterocycles. The summed E-state index contributed by atoms with van der Waals surface area (Å²) in [5.74, 6) is 0.122. The van der Waals surface area contributed by atoms with Crippen molar-refractivity contribution in [3.63, 3.8) is 0 Å². The number of hydrogen-bond acceptors (Lipinski definition) is 3. The van der Waals surface area contributed by atoms with Gasteiger partial charge >= 0.3 is 0 Å². The highest BCUT2D eigenvalue weighted by Crippen LogP contribution is 2.10. The molecule has 0 bridgehead atoms. The van der Waals surface area contributed by atoms with E-state index in [2.05, 4.69) is 0 Å². The quantitative estimate of drug-likeness (QED) is 0.725. The van der Waals surface area contributed by atoms with Gasteiger partial charge in [-0.1, -0.05) is 0 Å². The minimum absolute atomic E-state index is 0.122. The summed E-state index contributed by atoms with van der Waals surface area (Å²) in [6.07, 6.45) is 2.39. The van der Waals surface area contributed by atoms with Gasteiger partial charge in [0.25, 0.3) is 0 Å². The first kappa shape index (κ1) is 10.4. The fraction of sp³-hybridized carbons (Fsp3) is 0.545. The van der Waals surface area contributed by atoms with E-state index < -0.39 is 0 Å². The van der Waals surface area contributed by atoms with Crippen molar-refractivity contribution in [3.05, 3.63) is 24.0 Å². The molecule has 4 heteroatoms. The molecule has 2 rings (SSSR count). The minimum Gasteiger partial charge on any atom is -0.392 e. The Bertz CT molecular complexity index is 359. The first-order chi connectivity index (χ1) is 7.16. The molecule has 1 aromatic rings. The first-order valence-corrected chi connectivity index (χ1v) is 5.22. The van der Waals surface area contributed by atoms with Crippen LogP contribution in [0, 0.1) is 0 Å². The fourth-order valence-electron chi connectivity index (χ4n) is 1.99. The summed E-state index contributed by atoms with van der Waals surface area (Å²) in [6.45, 7) is 1.85. The number of carbonyl (C=O) groups is 1. The van der Waals surface area contributed by atoms with Crippen LogP contribution in [0.5, 0.6) is 0 Å². The van der Waals surface area contributed by atoms with Gasteiger partial charge in [-0.25, -0.2) is 0 Å². The van der Waals surface area contributed by atoms with Crippen LogP contribution in [0.2, 0.25) is 0 Å². The molecule has 0 aromatic carbocycles. The van der Waals surface area contributed by atoms with E-state index in [0.717, 1.165) is 18.7 Å². The number of nitrogens with zero attached hydrogens (tertiary/aromatic N) is 2. The van der Waals surface area contributed by atoms with Gasteiger partial charge in [-0.2, -0.15) is 0 Å². The number of likely N-dealkylation sites (tertiary alicyclic amines) is 1. The molecule has 1 atom stereocenters. The lowest BCUT2D eigenvalue weighted by molar-refractivity contribution is 0.0927. The van der Waals surface area contributed by atoms with E-state index in [4.69, 9.17) is 0 Å². The van der Waals surface area contributed by atoms with Crippen LogP contribution in [-0.4, -0.2) is 46.1 Å². The monoisotopic (exact) mass is 208 g/mol. The number of hydrogen-bond donors (Lipinski definition) is 1. The highest BCUT2D eigenvalue weighted by Gasteiger charge is 2.22. The van der Waals surface area contributed by atoms with Crippen molar-refractivity contribution in [1.82, 2.24) is 9.47 Å².